The van der Waals surface area contributed by atoms with E-state index in [1.54, 1.807) is 32.0 Å². The van der Waals surface area contributed by atoms with Crippen LogP contribution in [-0.2, 0) is 14.8 Å². The first-order valence-corrected chi connectivity index (χ1v) is 10.7. The summed E-state index contributed by atoms with van der Waals surface area (Å²) in [7, 11) is -3.81. The highest BCUT2D eigenvalue weighted by atomic mass is 79.9. The van der Waals surface area contributed by atoms with Crippen LogP contribution in [-0.4, -0.2) is 26.0 Å². The summed E-state index contributed by atoms with van der Waals surface area (Å²) >= 11 is 9.46. The molecule has 0 radical (unpaired) electrons. The van der Waals surface area contributed by atoms with E-state index in [2.05, 4.69) is 21.2 Å². The van der Waals surface area contributed by atoms with Gasteiger partial charge in [-0.15, -0.1) is 0 Å². The lowest BCUT2D eigenvalue weighted by Crippen LogP contribution is -2.33. The average Bonchev–Trinajstić information content (AvgIpc) is 2.71. The molecule has 1 N–H and O–H groups in total. The number of nitrogens with zero attached hydrogens (tertiary/aromatic N) is 1. The van der Waals surface area contributed by atoms with Gasteiger partial charge in [-0.3, -0.25) is 9.59 Å². The fraction of sp³-hybridized carbons (Fsp3) is 0.222. The Hall–Kier alpha value is -1.90. The van der Waals surface area contributed by atoms with Gasteiger partial charge in [0.15, 0.2) is 0 Å². The Labute approximate surface area is 170 Å². The summed E-state index contributed by atoms with van der Waals surface area (Å²) in [6.07, 6.45) is 0. The van der Waals surface area contributed by atoms with Crippen molar-refractivity contribution < 1.29 is 18.0 Å². The van der Waals surface area contributed by atoms with Crippen LogP contribution in [0.2, 0.25) is 5.02 Å². The zero-order valence-electron chi connectivity index (χ0n) is 14.5. The smallest absolute Gasteiger partial charge is 0.257 e. The van der Waals surface area contributed by atoms with Crippen LogP contribution in [0.1, 0.15) is 24.2 Å². The Bertz CT molecular complexity index is 1050. The van der Waals surface area contributed by atoms with Crippen LogP contribution in [0, 0.1) is 5.41 Å². The fourth-order valence-corrected chi connectivity index (χ4v) is 5.54. The maximum Gasteiger partial charge on any atom is 0.257 e. The molecule has 1 heterocycles. The first-order chi connectivity index (χ1) is 12.5. The molecule has 0 spiro atoms. The minimum Gasteiger partial charge on any atom is -0.322 e. The van der Waals surface area contributed by atoms with Crippen LogP contribution in [0.3, 0.4) is 0 Å². The minimum atomic E-state index is -3.81. The number of carbonyl (C=O) groups excluding carboxylic acids is 2. The number of nitrogens with one attached hydrogen (secondary N) is 1. The third-order valence-corrected chi connectivity index (χ3v) is 6.94. The summed E-state index contributed by atoms with van der Waals surface area (Å²) in [5.41, 5.74) is -0.324. The predicted molar refractivity (Wildman–Crippen MR) is 109 cm³/mol. The Kier molecular flexibility index (Phi) is 5.09. The van der Waals surface area contributed by atoms with Gasteiger partial charge in [-0.1, -0.05) is 33.6 Å². The molecule has 9 heteroatoms. The van der Waals surface area contributed by atoms with Crippen molar-refractivity contribution in [3.05, 3.63) is 57.5 Å². The lowest BCUT2D eigenvalue weighted by atomic mass is 9.95. The Morgan fingerprint density at radius 3 is 2.52 bits per heavy atom. The van der Waals surface area contributed by atoms with Crippen LogP contribution >= 0.6 is 27.5 Å². The molecule has 27 heavy (non-hydrogen) atoms. The second kappa shape index (κ2) is 6.92. The molecule has 2 aromatic rings. The van der Waals surface area contributed by atoms with Crippen LogP contribution in [0.15, 0.2) is 46.9 Å². The number of hydrogen-bond acceptors (Lipinski definition) is 4. The highest BCUT2D eigenvalue weighted by Crippen LogP contribution is 2.37. The highest BCUT2D eigenvalue weighted by molar-refractivity contribution is 9.10. The minimum absolute atomic E-state index is 0.0712. The molecule has 2 aromatic carbocycles. The van der Waals surface area contributed by atoms with Gasteiger partial charge in [-0.05, 0) is 50.2 Å². The number of carbonyl (C=O) groups is 2. The van der Waals surface area contributed by atoms with Crippen LogP contribution in [0.4, 0.5) is 11.4 Å². The summed E-state index contributed by atoms with van der Waals surface area (Å²) in [4.78, 5) is 25.2. The van der Waals surface area contributed by atoms with Gasteiger partial charge in [-0.2, -0.15) is 0 Å². The Balaban J connectivity index is 1.98. The van der Waals surface area contributed by atoms with E-state index in [4.69, 9.17) is 11.6 Å². The number of amides is 2. The normalized spacial score (nSPS) is 17.8. The third kappa shape index (κ3) is 3.88. The largest absolute Gasteiger partial charge is 0.322 e. The van der Waals surface area contributed by atoms with E-state index in [0.29, 0.717) is 5.69 Å². The summed E-state index contributed by atoms with van der Waals surface area (Å²) < 4.78 is 26.4. The molecule has 0 bridgehead atoms. The van der Waals surface area contributed by atoms with Gasteiger partial charge in [0.1, 0.15) is 0 Å². The molecule has 1 aliphatic rings. The van der Waals surface area contributed by atoms with Gasteiger partial charge in [0.25, 0.3) is 5.91 Å². The van der Waals surface area contributed by atoms with E-state index in [1.165, 1.54) is 18.2 Å². The first kappa shape index (κ1) is 19.9. The molecule has 3 rings (SSSR count). The molecule has 0 atom stereocenters. The fourth-order valence-electron chi connectivity index (χ4n) is 2.84. The lowest BCUT2D eigenvalue weighted by Gasteiger charge is -2.18. The predicted octanol–water partition coefficient (Wildman–Crippen LogP) is 4.06. The van der Waals surface area contributed by atoms with Crippen molar-refractivity contribution in [2.75, 3.05) is 15.4 Å². The van der Waals surface area contributed by atoms with Gasteiger partial charge >= 0.3 is 0 Å². The SMILES string of the molecule is CC1(C)CS(=O)(=O)N(c2ccc(Cl)c(C(=O)Nc3cccc(Br)c3)c2)C1=O. The van der Waals surface area contributed by atoms with Crippen LogP contribution in [0.25, 0.3) is 0 Å². The molecule has 142 valence electrons. The summed E-state index contributed by atoms with van der Waals surface area (Å²) in [5, 5.41) is 2.85. The second-order valence-corrected chi connectivity index (χ2v) is 9.98. The van der Waals surface area contributed by atoms with Crippen molar-refractivity contribution in [3.8, 4) is 0 Å². The van der Waals surface area contributed by atoms with Gasteiger partial charge in [0.2, 0.25) is 15.9 Å². The van der Waals surface area contributed by atoms with E-state index in [0.717, 1.165) is 8.78 Å². The molecule has 0 unspecified atom stereocenters. The van der Waals surface area contributed by atoms with E-state index < -0.39 is 27.3 Å². The molecule has 6 nitrogen and oxygen atoms in total. The van der Waals surface area contributed by atoms with Crippen molar-refractivity contribution >= 4 is 60.7 Å². The third-order valence-electron chi connectivity index (χ3n) is 4.10. The average molecular weight is 472 g/mol. The summed E-state index contributed by atoms with van der Waals surface area (Å²) in [5.74, 6) is -1.34. The Morgan fingerprint density at radius 1 is 1.22 bits per heavy atom. The number of hydrogen-bond donors (Lipinski definition) is 1. The zero-order chi connectivity index (χ0) is 20.0. The van der Waals surface area contributed by atoms with Crippen LogP contribution in [0.5, 0.6) is 0 Å². The molecule has 0 saturated carbocycles. The summed E-state index contributed by atoms with van der Waals surface area (Å²) in [6, 6.07) is 11.1. The molecule has 1 fully saturated rings. The maximum atomic E-state index is 12.6. The molecule has 2 amide bonds. The number of benzene rings is 2. The van der Waals surface area contributed by atoms with E-state index in [1.807, 2.05) is 6.07 Å². The number of rotatable bonds is 3. The molecular formula is C18H16BrClN2O4S. The molecule has 1 aliphatic heterocycles. The lowest BCUT2D eigenvalue weighted by molar-refractivity contribution is -0.123. The van der Waals surface area contributed by atoms with E-state index >= 15 is 0 Å². The van der Waals surface area contributed by atoms with Gasteiger partial charge in [-0.25, -0.2) is 12.7 Å². The van der Waals surface area contributed by atoms with Gasteiger partial charge < -0.3 is 5.32 Å². The van der Waals surface area contributed by atoms with Crippen molar-refractivity contribution in [1.29, 1.82) is 0 Å². The summed E-state index contributed by atoms with van der Waals surface area (Å²) in [6.45, 7) is 3.15. The number of sulfonamides is 1. The maximum absolute atomic E-state index is 12.6. The quantitative estimate of drug-likeness (QED) is 0.732. The molecule has 0 aliphatic carbocycles. The van der Waals surface area contributed by atoms with Crippen molar-refractivity contribution in [1.82, 2.24) is 0 Å². The van der Waals surface area contributed by atoms with Gasteiger partial charge in [0, 0.05) is 10.2 Å². The van der Waals surface area contributed by atoms with E-state index in [9.17, 15) is 18.0 Å². The monoisotopic (exact) mass is 470 g/mol. The molecule has 1 saturated heterocycles. The van der Waals surface area contributed by atoms with Crippen molar-refractivity contribution in [3.63, 3.8) is 0 Å². The van der Waals surface area contributed by atoms with Gasteiger partial charge in [0.05, 0.1) is 27.4 Å². The van der Waals surface area contributed by atoms with E-state index in [-0.39, 0.29) is 22.0 Å². The van der Waals surface area contributed by atoms with Crippen molar-refractivity contribution in [2.24, 2.45) is 5.41 Å². The molecule has 0 aromatic heterocycles. The first-order valence-electron chi connectivity index (χ1n) is 7.95. The number of halogens is 2. The number of anilines is 2. The Morgan fingerprint density at radius 2 is 1.93 bits per heavy atom. The van der Waals surface area contributed by atoms with Crippen LogP contribution < -0.4 is 9.62 Å². The van der Waals surface area contributed by atoms with Crippen molar-refractivity contribution in [2.45, 2.75) is 13.8 Å². The zero-order valence-corrected chi connectivity index (χ0v) is 17.7. The second-order valence-electron chi connectivity index (χ2n) is 6.84. The highest BCUT2D eigenvalue weighted by Gasteiger charge is 2.50. The standard InChI is InChI=1S/C18H16BrClN2O4S/c1-18(2)10-27(25,26)22(17(18)24)13-6-7-15(20)14(9-13)16(23)21-12-5-3-4-11(19)8-12/h3-9H,10H2,1-2H3,(H,21,23). The topological polar surface area (TPSA) is 83.6 Å². The molecular weight excluding hydrogens is 456 g/mol.